The second kappa shape index (κ2) is 4.66. The van der Waals surface area contributed by atoms with Gasteiger partial charge in [-0.3, -0.25) is 0 Å². The summed E-state index contributed by atoms with van der Waals surface area (Å²) < 4.78 is 5.43. The summed E-state index contributed by atoms with van der Waals surface area (Å²) in [4.78, 5) is 7.64. The number of rotatable bonds is 3. The largest absolute Gasteiger partial charge is 0.476 e. The molecule has 4 nitrogen and oxygen atoms in total. The average Bonchev–Trinajstić information content (AvgIpc) is 2.09. The van der Waals surface area contributed by atoms with Crippen LogP contribution in [0.1, 0.15) is 27.2 Å². The number of nitrogen functional groups attached to an aromatic ring is 1. The van der Waals surface area contributed by atoms with Crippen LogP contribution in [0.4, 0.5) is 5.69 Å². The molecule has 0 aromatic carbocycles. The van der Waals surface area contributed by atoms with Crippen molar-refractivity contribution in [1.29, 1.82) is 0 Å². The van der Waals surface area contributed by atoms with Gasteiger partial charge in [0, 0.05) is 0 Å². The van der Waals surface area contributed by atoms with E-state index in [1.807, 2.05) is 0 Å². The van der Waals surface area contributed by atoms with Gasteiger partial charge in [-0.05, 0) is 23.4 Å². The number of hydrogen-bond donors (Lipinski definition) is 1. The molecule has 84 valence electrons. The minimum absolute atomic E-state index is 0.148. The van der Waals surface area contributed by atoms with E-state index in [9.17, 15) is 0 Å². The number of halogens is 1. The molecule has 0 radical (unpaired) electrons. The van der Waals surface area contributed by atoms with Crippen LogP contribution in [0.5, 0.6) is 5.88 Å². The van der Waals surface area contributed by atoms with Crippen molar-refractivity contribution in [2.24, 2.45) is 5.41 Å². The molecule has 0 fully saturated rings. The van der Waals surface area contributed by atoms with Gasteiger partial charge in [-0.25, -0.2) is 4.98 Å². The summed E-state index contributed by atoms with van der Waals surface area (Å²) in [6.07, 6.45) is 2.37. The van der Waals surface area contributed by atoms with Crippen LogP contribution in [-0.2, 0) is 0 Å². The summed E-state index contributed by atoms with van der Waals surface area (Å²) in [5.74, 6) is 0.360. The van der Waals surface area contributed by atoms with Gasteiger partial charge in [0.15, 0.2) is 0 Å². The first-order chi connectivity index (χ1) is 6.88. The van der Waals surface area contributed by atoms with Crippen LogP contribution in [0, 0.1) is 5.41 Å². The quantitative estimate of drug-likeness (QED) is 0.810. The van der Waals surface area contributed by atoms with Crippen LogP contribution in [0.2, 0.25) is 5.28 Å². The smallest absolute Gasteiger partial charge is 0.241 e. The summed E-state index contributed by atoms with van der Waals surface area (Å²) in [6, 6.07) is 0. The van der Waals surface area contributed by atoms with E-state index in [0.29, 0.717) is 18.2 Å². The predicted octanol–water partition coefficient (Wildman–Crippen LogP) is 2.53. The lowest BCUT2D eigenvalue weighted by atomic mass is 9.93. The SMILES string of the molecule is CC(C)(C)CCOc1nc(Cl)ncc1N. The van der Waals surface area contributed by atoms with E-state index in [4.69, 9.17) is 22.1 Å². The molecule has 0 aliphatic heterocycles. The zero-order valence-corrected chi connectivity index (χ0v) is 10.0. The molecule has 1 aromatic heterocycles. The van der Waals surface area contributed by atoms with Gasteiger partial charge >= 0.3 is 0 Å². The number of ether oxygens (including phenoxy) is 1. The van der Waals surface area contributed by atoms with Crippen LogP contribution in [0.15, 0.2) is 6.20 Å². The standard InChI is InChI=1S/C10H16ClN3O/c1-10(2,3)4-5-15-8-7(12)6-13-9(11)14-8/h6H,4-5,12H2,1-3H3. The van der Waals surface area contributed by atoms with Gasteiger partial charge < -0.3 is 10.5 Å². The third-order valence-corrected chi connectivity index (χ3v) is 2.02. The topological polar surface area (TPSA) is 61.0 Å². The highest BCUT2D eigenvalue weighted by molar-refractivity contribution is 6.28. The van der Waals surface area contributed by atoms with Gasteiger partial charge in [0.05, 0.1) is 12.8 Å². The Morgan fingerprint density at radius 3 is 2.73 bits per heavy atom. The van der Waals surface area contributed by atoms with E-state index in [0.717, 1.165) is 6.42 Å². The maximum absolute atomic E-state index is 5.63. The Kier molecular flexibility index (Phi) is 3.74. The first-order valence-electron chi connectivity index (χ1n) is 4.79. The van der Waals surface area contributed by atoms with Gasteiger partial charge in [-0.15, -0.1) is 0 Å². The molecule has 0 unspecified atom stereocenters. The first kappa shape index (κ1) is 12.0. The highest BCUT2D eigenvalue weighted by atomic mass is 35.5. The maximum atomic E-state index is 5.63. The fraction of sp³-hybridized carbons (Fsp3) is 0.600. The molecule has 0 saturated heterocycles. The summed E-state index contributed by atoms with van der Waals surface area (Å²) in [5.41, 5.74) is 6.27. The second-order valence-electron chi connectivity index (χ2n) is 4.56. The average molecular weight is 230 g/mol. The van der Waals surface area contributed by atoms with E-state index in [-0.39, 0.29) is 10.7 Å². The van der Waals surface area contributed by atoms with Crippen molar-refractivity contribution in [1.82, 2.24) is 9.97 Å². The molecule has 0 atom stereocenters. The van der Waals surface area contributed by atoms with Gasteiger partial charge in [-0.2, -0.15) is 4.98 Å². The zero-order chi connectivity index (χ0) is 11.5. The monoisotopic (exact) mass is 229 g/mol. The molecule has 5 heteroatoms. The first-order valence-corrected chi connectivity index (χ1v) is 5.17. The van der Waals surface area contributed by atoms with Crippen molar-refractivity contribution in [2.45, 2.75) is 27.2 Å². The molecule has 0 aliphatic rings. The van der Waals surface area contributed by atoms with Crippen LogP contribution < -0.4 is 10.5 Å². The van der Waals surface area contributed by atoms with Crippen molar-refractivity contribution >= 4 is 17.3 Å². The molecule has 0 spiro atoms. The molecule has 15 heavy (non-hydrogen) atoms. The van der Waals surface area contributed by atoms with Crippen LogP contribution in [-0.4, -0.2) is 16.6 Å². The third kappa shape index (κ3) is 4.34. The summed E-state index contributed by atoms with van der Waals surface area (Å²) >= 11 is 5.63. The van der Waals surface area contributed by atoms with Gasteiger partial charge in [-0.1, -0.05) is 20.8 Å². The van der Waals surface area contributed by atoms with Crippen molar-refractivity contribution in [3.8, 4) is 5.88 Å². The van der Waals surface area contributed by atoms with E-state index in [1.165, 1.54) is 6.20 Å². The van der Waals surface area contributed by atoms with E-state index < -0.39 is 0 Å². The van der Waals surface area contributed by atoms with E-state index in [1.54, 1.807) is 0 Å². The fourth-order valence-electron chi connectivity index (χ4n) is 0.925. The Morgan fingerprint density at radius 1 is 1.47 bits per heavy atom. The van der Waals surface area contributed by atoms with Gasteiger partial charge in [0.2, 0.25) is 11.2 Å². The number of anilines is 1. The van der Waals surface area contributed by atoms with Gasteiger partial charge in [0.1, 0.15) is 5.69 Å². The highest BCUT2D eigenvalue weighted by Gasteiger charge is 2.11. The summed E-state index contributed by atoms with van der Waals surface area (Å²) in [7, 11) is 0. The molecule has 1 rings (SSSR count). The molecule has 0 amide bonds. The summed E-state index contributed by atoms with van der Waals surface area (Å²) in [6.45, 7) is 7.01. The second-order valence-corrected chi connectivity index (χ2v) is 4.90. The lowest BCUT2D eigenvalue weighted by Crippen LogP contribution is -2.12. The van der Waals surface area contributed by atoms with Crippen LogP contribution >= 0.6 is 11.6 Å². The molecular weight excluding hydrogens is 214 g/mol. The number of aromatic nitrogens is 2. The molecule has 1 heterocycles. The minimum atomic E-state index is 0.148. The zero-order valence-electron chi connectivity index (χ0n) is 9.25. The summed E-state index contributed by atoms with van der Waals surface area (Å²) in [5, 5.41) is 0.148. The third-order valence-electron chi connectivity index (χ3n) is 1.84. The van der Waals surface area contributed by atoms with E-state index in [2.05, 4.69) is 30.7 Å². The molecule has 0 saturated carbocycles. The number of nitrogens with zero attached hydrogens (tertiary/aromatic N) is 2. The molecule has 0 aliphatic carbocycles. The Balaban J connectivity index is 2.54. The Hall–Kier alpha value is -1.03. The van der Waals surface area contributed by atoms with E-state index >= 15 is 0 Å². The van der Waals surface area contributed by atoms with Crippen LogP contribution in [0.25, 0.3) is 0 Å². The Labute approximate surface area is 94.8 Å². The Morgan fingerprint density at radius 2 is 2.13 bits per heavy atom. The van der Waals surface area contributed by atoms with Gasteiger partial charge in [0.25, 0.3) is 0 Å². The van der Waals surface area contributed by atoms with Crippen molar-refractivity contribution in [3.63, 3.8) is 0 Å². The normalized spacial score (nSPS) is 11.5. The van der Waals surface area contributed by atoms with Crippen molar-refractivity contribution < 1.29 is 4.74 Å². The molecule has 2 N–H and O–H groups in total. The van der Waals surface area contributed by atoms with Crippen molar-refractivity contribution in [2.75, 3.05) is 12.3 Å². The van der Waals surface area contributed by atoms with Crippen molar-refractivity contribution in [3.05, 3.63) is 11.5 Å². The maximum Gasteiger partial charge on any atom is 0.241 e. The van der Waals surface area contributed by atoms with Crippen LogP contribution in [0.3, 0.4) is 0 Å². The molecule has 0 bridgehead atoms. The molecule has 1 aromatic rings. The lowest BCUT2D eigenvalue weighted by Gasteiger charge is -2.18. The predicted molar refractivity (Wildman–Crippen MR) is 61.0 cm³/mol. The highest BCUT2D eigenvalue weighted by Crippen LogP contribution is 2.22. The fourth-order valence-corrected chi connectivity index (χ4v) is 1.05. The lowest BCUT2D eigenvalue weighted by molar-refractivity contribution is 0.237. The minimum Gasteiger partial charge on any atom is -0.476 e. The molecular formula is C10H16ClN3O. The number of nitrogens with two attached hydrogens (primary N) is 1. The number of hydrogen-bond acceptors (Lipinski definition) is 4. The Bertz CT molecular complexity index is 336.